The summed E-state index contributed by atoms with van der Waals surface area (Å²) in [5.41, 5.74) is 0. The van der Waals surface area contributed by atoms with Crippen molar-refractivity contribution in [1.82, 2.24) is 5.32 Å². The summed E-state index contributed by atoms with van der Waals surface area (Å²) in [6.45, 7) is 3.94. The highest BCUT2D eigenvalue weighted by molar-refractivity contribution is 4.76. The van der Waals surface area contributed by atoms with Crippen LogP contribution in [0.15, 0.2) is 0 Å². The van der Waals surface area contributed by atoms with Crippen LogP contribution in [0.2, 0.25) is 0 Å². The highest BCUT2D eigenvalue weighted by atomic mass is 16.5. The molecule has 0 aromatic carbocycles. The van der Waals surface area contributed by atoms with Gasteiger partial charge in [-0.05, 0) is 32.2 Å². The smallest absolute Gasteiger partial charge is 0.0619 e. The molecule has 1 aliphatic rings. The summed E-state index contributed by atoms with van der Waals surface area (Å²) in [5.74, 6) is 1.04. The third-order valence-electron chi connectivity index (χ3n) is 2.70. The van der Waals surface area contributed by atoms with Crippen LogP contribution >= 0.6 is 0 Å². The number of nitrogens with one attached hydrogen (secondary N) is 1. The van der Waals surface area contributed by atoms with Gasteiger partial charge < -0.3 is 10.1 Å². The molecule has 0 aromatic rings. The van der Waals surface area contributed by atoms with Crippen molar-refractivity contribution in [2.45, 2.75) is 45.1 Å². The van der Waals surface area contributed by atoms with Gasteiger partial charge in [-0.3, -0.25) is 0 Å². The van der Waals surface area contributed by atoms with Gasteiger partial charge in [0.2, 0.25) is 0 Å². The summed E-state index contributed by atoms with van der Waals surface area (Å²) in [5, 5.41) is 3.32. The van der Waals surface area contributed by atoms with Crippen LogP contribution in [0.1, 0.15) is 39.0 Å². The van der Waals surface area contributed by atoms with E-state index in [2.05, 4.69) is 12.2 Å². The van der Waals surface area contributed by atoms with E-state index >= 15 is 0 Å². The summed E-state index contributed by atoms with van der Waals surface area (Å²) in [6.07, 6.45) is 6.73. The van der Waals surface area contributed by atoms with Gasteiger partial charge in [0.1, 0.15) is 0 Å². The molecular formula is C11H23NO. The Morgan fingerprint density at radius 2 is 2.23 bits per heavy atom. The van der Waals surface area contributed by atoms with Crippen molar-refractivity contribution < 1.29 is 4.74 Å². The van der Waals surface area contributed by atoms with Crippen LogP contribution in [0.5, 0.6) is 0 Å². The SMILES string of the molecule is CCCOCC(CCC1CC1)NC. The van der Waals surface area contributed by atoms with E-state index in [9.17, 15) is 0 Å². The Kier molecular flexibility index (Phi) is 5.40. The summed E-state index contributed by atoms with van der Waals surface area (Å²) >= 11 is 0. The Bertz CT molecular complexity index is 123. The maximum absolute atomic E-state index is 5.53. The van der Waals surface area contributed by atoms with E-state index in [0.29, 0.717) is 6.04 Å². The predicted octanol–water partition coefficient (Wildman–Crippen LogP) is 2.19. The van der Waals surface area contributed by atoms with Gasteiger partial charge in [0.15, 0.2) is 0 Å². The first kappa shape index (κ1) is 11.0. The lowest BCUT2D eigenvalue weighted by molar-refractivity contribution is 0.110. The zero-order chi connectivity index (χ0) is 9.52. The molecule has 0 radical (unpaired) electrons. The van der Waals surface area contributed by atoms with Crippen LogP contribution in [-0.4, -0.2) is 26.3 Å². The standard InChI is InChI=1S/C11H23NO/c1-3-8-13-9-11(12-2)7-6-10-4-5-10/h10-12H,3-9H2,1-2H3. The van der Waals surface area contributed by atoms with E-state index in [1.54, 1.807) is 0 Å². The second kappa shape index (κ2) is 6.39. The zero-order valence-corrected chi connectivity index (χ0v) is 9.01. The van der Waals surface area contributed by atoms with Gasteiger partial charge in [0, 0.05) is 12.6 Å². The minimum Gasteiger partial charge on any atom is -0.380 e. The van der Waals surface area contributed by atoms with Gasteiger partial charge in [-0.1, -0.05) is 19.8 Å². The number of ether oxygens (including phenoxy) is 1. The molecule has 1 fully saturated rings. The predicted molar refractivity (Wildman–Crippen MR) is 55.9 cm³/mol. The molecule has 1 unspecified atom stereocenters. The molecule has 0 bridgehead atoms. The Morgan fingerprint density at radius 3 is 2.77 bits per heavy atom. The second-order valence-electron chi connectivity index (χ2n) is 4.08. The molecule has 78 valence electrons. The third kappa shape index (κ3) is 5.27. The van der Waals surface area contributed by atoms with Crippen molar-refractivity contribution >= 4 is 0 Å². The molecule has 1 aliphatic carbocycles. The van der Waals surface area contributed by atoms with Crippen LogP contribution in [0.25, 0.3) is 0 Å². The molecule has 0 aromatic heterocycles. The van der Waals surface area contributed by atoms with E-state index in [-0.39, 0.29) is 0 Å². The van der Waals surface area contributed by atoms with E-state index in [0.717, 1.165) is 25.6 Å². The molecule has 2 heteroatoms. The lowest BCUT2D eigenvalue weighted by atomic mass is 10.1. The van der Waals surface area contributed by atoms with Crippen LogP contribution < -0.4 is 5.32 Å². The molecule has 0 aliphatic heterocycles. The fourth-order valence-electron chi connectivity index (χ4n) is 1.52. The van der Waals surface area contributed by atoms with Crippen molar-refractivity contribution in [3.8, 4) is 0 Å². The lowest BCUT2D eigenvalue weighted by Gasteiger charge is -2.15. The molecule has 1 atom stereocenters. The summed E-state index contributed by atoms with van der Waals surface area (Å²) in [7, 11) is 2.03. The molecule has 1 N–H and O–H groups in total. The van der Waals surface area contributed by atoms with Gasteiger partial charge in [-0.2, -0.15) is 0 Å². The quantitative estimate of drug-likeness (QED) is 0.585. The fourth-order valence-corrected chi connectivity index (χ4v) is 1.52. The van der Waals surface area contributed by atoms with E-state index < -0.39 is 0 Å². The summed E-state index contributed by atoms with van der Waals surface area (Å²) < 4.78 is 5.53. The first-order valence-corrected chi connectivity index (χ1v) is 5.61. The number of rotatable bonds is 8. The van der Waals surface area contributed by atoms with Crippen LogP contribution in [0.4, 0.5) is 0 Å². The van der Waals surface area contributed by atoms with E-state index in [4.69, 9.17) is 4.74 Å². The molecule has 1 saturated carbocycles. The number of likely N-dealkylation sites (N-methyl/N-ethyl adjacent to an activating group) is 1. The molecule has 0 spiro atoms. The third-order valence-corrected chi connectivity index (χ3v) is 2.70. The number of hydrogen-bond donors (Lipinski definition) is 1. The Labute approximate surface area is 82.0 Å². The van der Waals surface area contributed by atoms with Crippen molar-refractivity contribution in [2.75, 3.05) is 20.3 Å². The number of hydrogen-bond acceptors (Lipinski definition) is 2. The van der Waals surface area contributed by atoms with Crippen LogP contribution in [-0.2, 0) is 4.74 Å². The average Bonchev–Trinajstić information content (AvgIpc) is 2.94. The highest BCUT2D eigenvalue weighted by Gasteiger charge is 2.21. The maximum atomic E-state index is 5.53. The molecule has 2 nitrogen and oxygen atoms in total. The largest absolute Gasteiger partial charge is 0.380 e. The second-order valence-corrected chi connectivity index (χ2v) is 4.08. The Hall–Kier alpha value is -0.0800. The topological polar surface area (TPSA) is 21.3 Å². The van der Waals surface area contributed by atoms with Gasteiger partial charge in [0.05, 0.1) is 6.61 Å². The van der Waals surface area contributed by atoms with Crippen LogP contribution in [0, 0.1) is 5.92 Å². The molecule has 0 saturated heterocycles. The Balaban J connectivity index is 1.95. The van der Waals surface area contributed by atoms with Crippen molar-refractivity contribution in [2.24, 2.45) is 5.92 Å². The van der Waals surface area contributed by atoms with Crippen molar-refractivity contribution in [3.05, 3.63) is 0 Å². The van der Waals surface area contributed by atoms with E-state index in [1.165, 1.54) is 25.7 Å². The Morgan fingerprint density at radius 1 is 1.46 bits per heavy atom. The van der Waals surface area contributed by atoms with E-state index in [1.807, 2.05) is 7.05 Å². The van der Waals surface area contributed by atoms with Gasteiger partial charge >= 0.3 is 0 Å². The van der Waals surface area contributed by atoms with Crippen molar-refractivity contribution in [3.63, 3.8) is 0 Å². The van der Waals surface area contributed by atoms with Gasteiger partial charge in [-0.15, -0.1) is 0 Å². The zero-order valence-electron chi connectivity index (χ0n) is 9.01. The summed E-state index contributed by atoms with van der Waals surface area (Å²) in [6, 6.07) is 0.576. The van der Waals surface area contributed by atoms with Crippen molar-refractivity contribution in [1.29, 1.82) is 0 Å². The first-order chi connectivity index (χ1) is 6.36. The molecule has 13 heavy (non-hydrogen) atoms. The van der Waals surface area contributed by atoms with Gasteiger partial charge in [0.25, 0.3) is 0 Å². The average molecular weight is 185 g/mol. The maximum Gasteiger partial charge on any atom is 0.0619 e. The minimum absolute atomic E-state index is 0.576. The lowest BCUT2D eigenvalue weighted by Crippen LogP contribution is -2.30. The first-order valence-electron chi connectivity index (χ1n) is 5.61. The fraction of sp³-hybridized carbons (Fsp3) is 1.00. The van der Waals surface area contributed by atoms with Crippen LogP contribution in [0.3, 0.4) is 0 Å². The molecular weight excluding hydrogens is 162 g/mol. The summed E-state index contributed by atoms with van der Waals surface area (Å²) in [4.78, 5) is 0. The van der Waals surface area contributed by atoms with Gasteiger partial charge in [-0.25, -0.2) is 0 Å². The normalized spacial score (nSPS) is 18.9. The minimum atomic E-state index is 0.576. The molecule has 0 heterocycles. The highest BCUT2D eigenvalue weighted by Crippen LogP contribution is 2.33. The monoisotopic (exact) mass is 185 g/mol. The molecule has 1 rings (SSSR count). The molecule has 0 amide bonds.